The van der Waals surface area contributed by atoms with Gasteiger partial charge >= 0.3 is 0 Å². The number of rotatable bonds is 4. The molecule has 0 fully saturated rings. The highest BCUT2D eigenvalue weighted by Gasteiger charge is 2.13. The van der Waals surface area contributed by atoms with Crippen molar-refractivity contribution in [3.05, 3.63) is 35.7 Å². The first kappa shape index (κ1) is 13.3. The molecule has 0 radical (unpaired) electrons. The number of nitrogens with one attached hydrogen (secondary N) is 1. The number of ether oxygens (including phenoxy) is 1. The Hall–Kier alpha value is -2.10. The van der Waals surface area contributed by atoms with E-state index in [9.17, 15) is 0 Å². The molecule has 0 bridgehead atoms. The zero-order valence-corrected chi connectivity index (χ0v) is 11.8. The topological polar surface area (TPSA) is 47.0 Å². The first-order valence-electron chi connectivity index (χ1n) is 6.37. The van der Waals surface area contributed by atoms with Crippen molar-refractivity contribution in [1.82, 2.24) is 9.97 Å². The largest absolute Gasteiger partial charge is 0.491 e. The van der Waals surface area contributed by atoms with Crippen LogP contribution in [0.25, 0.3) is 11.3 Å². The zero-order chi connectivity index (χ0) is 13.8. The molecular formula is C15H19N3O. The molecule has 1 aromatic carbocycles. The molecule has 0 saturated carbocycles. The van der Waals surface area contributed by atoms with Crippen molar-refractivity contribution in [3.8, 4) is 17.0 Å². The number of aromatic nitrogens is 2. The summed E-state index contributed by atoms with van der Waals surface area (Å²) < 4.78 is 5.48. The second kappa shape index (κ2) is 5.69. The van der Waals surface area contributed by atoms with Crippen molar-refractivity contribution in [2.75, 3.05) is 19.0 Å². The number of aryl methyl sites for hydroxylation is 2. The Morgan fingerprint density at radius 3 is 2.37 bits per heavy atom. The van der Waals surface area contributed by atoms with Crippen LogP contribution in [0.5, 0.6) is 5.75 Å². The number of anilines is 1. The maximum Gasteiger partial charge on any atom is 0.187 e. The third-order valence-electron chi connectivity index (χ3n) is 2.85. The van der Waals surface area contributed by atoms with Crippen molar-refractivity contribution >= 4 is 5.82 Å². The number of hydrogen-bond acceptors (Lipinski definition) is 4. The van der Waals surface area contributed by atoms with Crippen LogP contribution in [-0.2, 0) is 0 Å². The van der Waals surface area contributed by atoms with E-state index in [0.29, 0.717) is 5.75 Å². The summed E-state index contributed by atoms with van der Waals surface area (Å²) in [4.78, 5) is 8.59. The minimum Gasteiger partial charge on any atom is -0.491 e. The third kappa shape index (κ3) is 2.84. The van der Waals surface area contributed by atoms with E-state index in [0.717, 1.165) is 23.6 Å². The Labute approximate surface area is 113 Å². The minimum absolute atomic E-state index is 0.689. The monoisotopic (exact) mass is 257 g/mol. The summed E-state index contributed by atoms with van der Waals surface area (Å²) in [6.45, 7) is 6.97. The minimum atomic E-state index is 0.689. The lowest BCUT2D eigenvalue weighted by Gasteiger charge is -2.13. The molecule has 0 unspecified atom stereocenters. The van der Waals surface area contributed by atoms with Crippen LogP contribution in [0.4, 0.5) is 5.82 Å². The molecule has 2 aromatic rings. The zero-order valence-electron chi connectivity index (χ0n) is 11.8. The van der Waals surface area contributed by atoms with Crippen LogP contribution in [0.2, 0.25) is 0 Å². The van der Waals surface area contributed by atoms with E-state index in [1.807, 2.05) is 6.92 Å². The van der Waals surface area contributed by atoms with Gasteiger partial charge in [0.05, 0.1) is 7.11 Å². The standard InChI is InChI=1S/C15H19N3O/c1-5-16-15-14(19-4)13(17-9-18-15)12-7-10(2)6-11(3)8-12/h6-9H,5H2,1-4H3,(H,16,17,18). The summed E-state index contributed by atoms with van der Waals surface area (Å²) >= 11 is 0. The van der Waals surface area contributed by atoms with Crippen LogP contribution in [0, 0.1) is 13.8 Å². The van der Waals surface area contributed by atoms with E-state index in [1.165, 1.54) is 11.1 Å². The van der Waals surface area contributed by atoms with E-state index in [-0.39, 0.29) is 0 Å². The van der Waals surface area contributed by atoms with Crippen LogP contribution in [-0.4, -0.2) is 23.6 Å². The molecule has 0 spiro atoms. The van der Waals surface area contributed by atoms with Crippen molar-refractivity contribution in [1.29, 1.82) is 0 Å². The van der Waals surface area contributed by atoms with Gasteiger partial charge in [0, 0.05) is 12.1 Å². The summed E-state index contributed by atoms with van der Waals surface area (Å²) in [5.74, 6) is 1.42. The molecule has 2 rings (SSSR count). The first-order valence-corrected chi connectivity index (χ1v) is 6.37. The van der Waals surface area contributed by atoms with Crippen LogP contribution < -0.4 is 10.1 Å². The SMILES string of the molecule is CCNc1ncnc(-c2cc(C)cc(C)c2)c1OC. The number of nitrogens with zero attached hydrogens (tertiary/aromatic N) is 2. The molecule has 1 aromatic heterocycles. The lowest BCUT2D eigenvalue weighted by atomic mass is 10.0. The molecule has 1 N–H and O–H groups in total. The average molecular weight is 257 g/mol. The maximum atomic E-state index is 5.48. The summed E-state index contributed by atoms with van der Waals surface area (Å²) in [7, 11) is 1.64. The highest BCUT2D eigenvalue weighted by molar-refractivity contribution is 5.73. The van der Waals surface area contributed by atoms with Gasteiger partial charge in [-0.1, -0.05) is 17.2 Å². The van der Waals surface area contributed by atoms with Crippen molar-refractivity contribution in [2.24, 2.45) is 0 Å². The highest BCUT2D eigenvalue weighted by atomic mass is 16.5. The molecule has 19 heavy (non-hydrogen) atoms. The Bertz CT molecular complexity index is 561. The number of methoxy groups -OCH3 is 1. The van der Waals surface area contributed by atoms with Crippen LogP contribution in [0.1, 0.15) is 18.1 Å². The van der Waals surface area contributed by atoms with Gasteiger partial charge in [0.25, 0.3) is 0 Å². The first-order chi connectivity index (χ1) is 9.15. The highest BCUT2D eigenvalue weighted by Crippen LogP contribution is 2.33. The van der Waals surface area contributed by atoms with E-state index in [4.69, 9.17) is 4.74 Å². The quantitative estimate of drug-likeness (QED) is 0.913. The summed E-state index contributed by atoms with van der Waals surface area (Å²) in [5.41, 5.74) is 4.29. The molecule has 0 atom stereocenters. The van der Waals surface area contributed by atoms with Crippen LogP contribution >= 0.6 is 0 Å². The predicted octanol–water partition coefficient (Wildman–Crippen LogP) is 3.20. The fraction of sp³-hybridized carbons (Fsp3) is 0.333. The average Bonchev–Trinajstić information content (AvgIpc) is 2.37. The summed E-state index contributed by atoms with van der Waals surface area (Å²) in [5, 5.41) is 3.19. The van der Waals surface area contributed by atoms with Crippen molar-refractivity contribution < 1.29 is 4.74 Å². The number of benzene rings is 1. The molecule has 0 aliphatic carbocycles. The molecular weight excluding hydrogens is 238 g/mol. The predicted molar refractivity (Wildman–Crippen MR) is 77.7 cm³/mol. The molecule has 4 nitrogen and oxygen atoms in total. The third-order valence-corrected chi connectivity index (χ3v) is 2.85. The van der Waals surface area contributed by atoms with Crippen molar-refractivity contribution in [3.63, 3.8) is 0 Å². The van der Waals surface area contributed by atoms with Gasteiger partial charge in [-0.2, -0.15) is 0 Å². The molecule has 4 heteroatoms. The van der Waals surface area contributed by atoms with Gasteiger partial charge in [-0.05, 0) is 32.9 Å². The van der Waals surface area contributed by atoms with Gasteiger partial charge in [-0.3, -0.25) is 0 Å². The Balaban J connectivity index is 2.57. The fourth-order valence-corrected chi connectivity index (χ4v) is 2.18. The maximum absolute atomic E-state index is 5.48. The van der Waals surface area contributed by atoms with Gasteiger partial charge in [0.15, 0.2) is 11.6 Å². The molecule has 1 heterocycles. The molecule has 100 valence electrons. The van der Waals surface area contributed by atoms with E-state index in [1.54, 1.807) is 13.4 Å². The number of hydrogen-bond donors (Lipinski definition) is 1. The second-order valence-corrected chi connectivity index (χ2v) is 4.51. The smallest absolute Gasteiger partial charge is 0.187 e. The van der Waals surface area contributed by atoms with E-state index < -0.39 is 0 Å². The van der Waals surface area contributed by atoms with Gasteiger partial charge in [-0.25, -0.2) is 9.97 Å². The van der Waals surface area contributed by atoms with Gasteiger partial charge in [0.2, 0.25) is 0 Å². The lowest BCUT2D eigenvalue weighted by molar-refractivity contribution is 0.414. The van der Waals surface area contributed by atoms with E-state index in [2.05, 4.69) is 47.3 Å². The normalized spacial score (nSPS) is 10.3. The molecule has 0 aliphatic heterocycles. The van der Waals surface area contributed by atoms with Gasteiger partial charge in [0.1, 0.15) is 12.0 Å². The fourth-order valence-electron chi connectivity index (χ4n) is 2.18. The van der Waals surface area contributed by atoms with Crippen molar-refractivity contribution in [2.45, 2.75) is 20.8 Å². The Kier molecular flexibility index (Phi) is 4.00. The summed E-state index contributed by atoms with van der Waals surface area (Å²) in [6.07, 6.45) is 1.56. The summed E-state index contributed by atoms with van der Waals surface area (Å²) in [6, 6.07) is 6.35. The second-order valence-electron chi connectivity index (χ2n) is 4.51. The Morgan fingerprint density at radius 1 is 1.11 bits per heavy atom. The molecule has 0 saturated heterocycles. The molecule has 0 aliphatic rings. The van der Waals surface area contributed by atoms with Crippen LogP contribution in [0.15, 0.2) is 24.5 Å². The van der Waals surface area contributed by atoms with E-state index >= 15 is 0 Å². The molecule has 0 amide bonds. The van der Waals surface area contributed by atoms with Gasteiger partial charge in [-0.15, -0.1) is 0 Å². The Morgan fingerprint density at radius 2 is 1.79 bits per heavy atom. The van der Waals surface area contributed by atoms with Gasteiger partial charge < -0.3 is 10.1 Å². The van der Waals surface area contributed by atoms with Crippen LogP contribution in [0.3, 0.4) is 0 Å². The lowest BCUT2D eigenvalue weighted by Crippen LogP contribution is -2.04.